The van der Waals surface area contributed by atoms with Crippen LogP contribution in [0, 0.1) is 6.08 Å². The number of aryl methyl sites for hydroxylation is 1. The van der Waals surface area contributed by atoms with Crippen LogP contribution < -0.4 is 0 Å². The Bertz CT molecular complexity index is 793. The summed E-state index contributed by atoms with van der Waals surface area (Å²) in [5.41, 5.74) is 3.45. The summed E-state index contributed by atoms with van der Waals surface area (Å²) >= 11 is -2.18. The Kier molecular flexibility index (Phi) is 16.1. The number of allylic oxidation sites excluding steroid dienone is 1. The van der Waals surface area contributed by atoms with Gasteiger partial charge in [0.25, 0.3) is 0 Å². The molecule has 0 radical (unpaired) electrons. The van der Waals surface area contributed by atoms with E-state index in [1.54, 1.807) is 12.1 Å². The Morgan fingerprint density at radius 3 is 2.16 bits per heavy atom. The van der Waals surface area contributed by atoms with Gasteiger partial charge in [0.05, 0.1) is 12.7 Å². The standard InChI is InChI=1S/C25H31O3.3ClH.Ta/c1-3-4-5-6-10-13-23(21-15-17-22(18-16-21)25(27)28-2)24(26)19-14-20-11-8-7-9-12-20;;;;/h7-9,11-12,15-18,24,26H,3-6,10,14,19H2,1-2H3;3*1H;/q-1;;;;+3/p-3. The van der Waals surface area contributed by atoms with Gasteiger partial charge in [-0.2, -0.15) is 11.1 Å². The molecule has 0 heterocycles. The molecule has 32 heavy (non-hydrogen) atoms. The molecule has 0 bridgehead atoms. The Morgan fingerprint density at radius 2 is 1.59 bits per heavy atom. The first-order valence-electron chi connectivity index (χ1n) is 10.7. The van der Waals surface area contributed by atoms with Crippen molar-refractivity contribution in [3.05, 3.63) is 77.4 Å². The molecular weight excluding hydrogens is 636 g/mol. The van der Waals surface area contributed by atoms with Crippen molar-refractivity contribution in [3.8, 4) is 0 Å². The van der Waals surface area contributed by atoms with Crippen LogP contribution in [0.1, 0.15) is 66.9 Å². The van der Waals surface area contributed by atoms with Crippen molar-refractivity contribution < 1.29 is 29.8 Å². The summed E-state index contributed by atoms with van der Waals surface area (Å²) in [6, 6.07) is 17.4. The van der Waals surface area contributed by atoms with Crippen molar-refractivity contribution in [2.24, 2.45) is 0 Å². The van der Waals surface area contributed by atoms with Crippen LogP contribution in [0.5, 0.6) is 0 Å². The molecule has 0 amide bonds. The second-order valence-corrected chi connectivity index (χ2v) is 21.1. The number of hydrogen-bond acceptors (Lipinski definition) is 3. The Hall–Kier alpha value is -0.780. The molecule has 0 aliphatic carbocycles. The number of unbranched alkanes of at least 4 members (excludes halogenated alkanes) is 4. The molecule has 0 saturated carbocycles. The number of esters is 1. The van der Waals surface area contributed by atoms with E-state index in [1.807, 2.05) is 30.3 Å². The number of aliphatic hydroxyl groups excluding tert-OH is 1. The summed E-state index contributed by atoms with van der Waals surface area (Å²) in [5, 5.41) is 10.9. The number of hydrogen-bond donors (Lipinski definition) is 1. The van der Waals surface area contributed by atoms with Gasteiger partial charge in [-0.1, -0.05) is 75.1 Å². The van der Waals surface area contributed by atoms with Crippen LogP contribution in [0.3, 0.4) is 0 Å². The average molecular weight is 667 g/mol. The van der Waals surface area contributed by atoms with E-state index in [-0.39, 0.29) is 5.97 Å². The molecule has 0 aliphatic rings. The van der Waals surface area contributed by atoms with E-state index < -0.39 is 21.3 Å². The second-order valence-electron chi connectivity index (χ2n) is 7.20. The molecule has 0 spiro atoms. The molecule has 0 saturated heterocycles. The van der Waals surface area contributed by atoms with Gasteiger partial charge >= 0.3 is 48.7 Å². The molecule has 0 aromatic heterocycles. The third kappa shape index (κ3) is 12.5. The predicted molar refractivity (Wildman–Crippen MR) is 132 cm³/mol. The fraction of sp³-hybridized carbons (Fsp3) is 0.400. The van der Waals surface area contributed by atoms with Crippen molar-refractivity contribution >= 4 is 39.1 Å². The summed E-state index contributed by atoms with van der Waals surface area (Å²) in [6.07, 6.45) is 9.81. The zero-order valence-corrected chi connectivity index (χ0v) is 24.0. The van der Waals surface area contributed by atoms with E-state index >= 15 is 0 Å². The predicted octanol–water partition coefficient (Wildman–Crippen LogP) is 7.69. The molecule has 3 nitrogen and oxygen atoms in total. The van der Waals surface area contributed by atoms with E-state index in [0.29, 0.717) is 12.0 Å². The van der Waals surface area contributed by atoms with Crippen LogP contribution in [-0.2, 0) is 26.4 Å². The van der Waals surface area contributed by atoms with Crippen molar-refractivity contribution in [2.45, 2.75) is 58.0 Å². The van der Waals surface area contributed by atoms with Gasteiger partial charge in [-0.05, 0) is 18.4 Å². The minimum atomic E-state index is -2.18. The number of carbonyl (C=O) groups is 1. The summed E-state index contributed by atoms with van der Waals surface area (Å²) < 4.78 is 4.76. The molecule has 0 aliphatic heterocycles. The van der Waals surface area contributed by atoms with Gasteiger partial charge in [0.2, 0.25) is 0 Å². The van der Waals surface area contributed by atoms with Crippen molar-refractivity contribution in [1.29, 1.82) is 0 Å². The van der Waals surface area contributed by atoms with Crippen molar-refractivity contribution in [2.75, 3.05) is 7.11 Å². The van der Waals surface area contributed by atoms with Crippen LogP contribution in [-0.4, -0.2) is 24.3 Å². The van der Waals surface area contributed by atoms with E-state index in [4.69, 9.17) is 32.3 Å². The first kappa shape index (κ1) is 29.3. The second kappa shape index (κ2) is 17.7. The topological polar surface area (TPSA) is 46.5 Å². The third-order valence-corrected chi connectivity index (χ3v) is 4.85. The van der Waals surface area contributed by atoms with E-state index in [9.17, 15) is 9.90 Å². The van der Waals surface area contributed by atoms with Crippen LogP contribution >= 0.6 is 27.6 Å². The van der Waals surface area contributed by atoms with Gasteiger partial charge in [-0.25, -0.2) is 4.79 Å². The number of methoxy groups -OCH3 is 1. The number of rotatable bonds is 11. The van der Waals surface area contributed by atoms with E-state index in [1.165, 1.54) is 31.9 Å². The number of ether oxygens (including phenoxy) is 1. The van der Waals surface area contributed by atoms with Gasteiger partial charge in [-0.3, -0.25) is 6.08 Å². The molecule has 7 heteroatoms. The van der Waals surface area contributed by atoms with Gasteiger partial charge in [0.1, 0.15) is 0 Å². The molecule has 1 N–H and O–H groups in total. The molecule has 2 rings (SSSR count). The Balaban J connectivity index is 0.00000118. The quantitative estimate of drug-likeness (QED) is 0.152. The van der Waals surface area contributed by atoms with Crippen molar-refractivity contribution in [3.63, 3.8) is 0 Å². The van der Waals surface area contributed by atoms with E-state index in [0.717, 1.165) is 30.4 Å². The Labute approximate surface area is 210 Å². The zero-order valence-electron chi connectivity index (χ0n) is 18.6. The summed E-state index contributed by atoms with van der Waals surface area (Å²) in [4.78, 5) is 11.7. The third-order valence-electron chi connectivity index (χ3n) is 4.85. The minimum absolute atomic E-state index is 0.356. The summed E-state index contributed by atoms with van der Waals surface area (Å²) in [6.45, 7) is 2.20. The molecule has 2 aromatic rings. The molecule has 1 atom stereocenters. The molecule has 0 fully saturated rings. The number of benzene rings is 2. The number of carbonyl (C=O) groups excluding carboxylic acids is 1. The number of halogens is 3. The maximum atomic E-state index is 11.7. The molecular formula is C25H31Cl3O3Ta-. The monoisotopic (exact) mass is 665 g/mol. The van der Waals surface area contributed by atoms with Crippen molar-refractivity contribution in [1.82, 2.24) is 0 Å². The van der Waals surface area contributed by atoms with Gasteiger partial charge in [-0.15, -0.1) is 18.6 Å². The van der Waals surface area contributed by atoms with Gasteiger partial charge < -0.3 is 9.84 Å². The van der Waals surface area contributed by atoms with Crippen LogP contribution in [0.25, 0.3) is 5.57 Å². The number of aliphatic hydroxyl groups is 1. The molecule has 176 valence electrons. The Morgan fingerprint density at radius 1 is 1.00 bits per heavy atom. The van der Waals surface area contributed by atoms with Crippen LogP contribution in [0.15, 0.2) is 54.6 Å². The molecule has 1 unspecified atom stereocenters. The fourth-order valence-electron chi connectivity index (χ4n) is 3.18. The van der Waals surface area contributed by atoms with Crippen LogP contribution in [0.4, 0.5) is 0 Å². The van der Waals surface area contributed by atoms with Gasteiger partial charge in [0, 0.05) is 6.10 Å². The zero-order chi connectivity index (χ0) is 23.8. The molecule has 2 aromatic carbocycles. The van der Waals surface area contributed by atoms with E-state index in [2.05, 4.69) is 25.1 Å². The van der Waals surface area contributed by atoms with Gasteiger partial charge in [0.15, 0.2) is 0 Å². The van der Waals surface area contributed by atoms with Crippen LogP contribution in [0.2, 0.25) is 0 Å². The SMILES string of the molecule is CCCCCC[C-]=C(c1ccc(C(=O)OC)cc1)C(O)CCc1ccccc1.[Cl][Ta]([Cl])[Cl]. The summed E-state index contributed by atoms with van der Waals surface area (Å²) in [5.74, 6) is -0.356. The maximum absolute atomic E-state index is 11.7. The normalized spacial score (nSPS) is 12.2. The average Bonchev–Trinajstić information content (AvgIpc) is 2.80. The summed E-state index contributed by atoms with van der Waals surface area (Å²) in [7, 11) is 16.4. The first-order valence-corrected chi connectivity index (χ1v) is 22.6. The fourth-order valence-corrected chi connectivity index (χ4v) is 3.18. The first-order chi connectivity index (χ1) is 15.4.